The Morgan fingerprint density at radius 1 is 1.40 bits per heavy atom. The lowest BCUT2D eigenvalue weighted by atomic mass is 9.98. The van der Waals surface area contributed by atoms with Gasteiger partial charge in [0, 0.05) is 13.1 Å². The van der Waals surface area contributed by atoms with Crippen molar-refractivity contribution in [3.05, 3.63) is 17.8 Å². The quantitative estimate of drug-likeness (QED) is 0.764. The molecule has 0 aromatic carbocycles. The van der Waals surface area contributed by atoms with E-state index in [1.807, 2.05) is 12.3 Å². The van der Waals surface area contributed by atoms with E-state index in [1.54, 1.807) is 0 Å². The van der Waals surface area contributed by atoms with Crippen LogP contribution >= 0.6 is 0 Å². The lowest BCUT2D eigenvalue weighted by Crippen LogP contribution is -2.33. The van der Waals surface area contributed by atoms with E-state index in [0.29, 0.717) is 5.82 Å². The first-order valence-corrected chi connectivity index (χ1v) is 5.64. The van der Waals surface area contributed by atoms with E-state index in [0.717, 1.165) is 19.0 Å². The molecule has 82 valence electrons. The standard InChI is InChI=1S/C12H19N3/c1-9-3-5-15(6-4-9)11-8-14-12(13)7-10(11)2/h7-9H,3-6H2,1-2H3,(H2,13,14). The second kappa shape index (κ2) is 4.09. The SMILES string of the molecule is Cc1cc(N)ncc1N1CCC(C)CC1. The van der Waals surface area contributed by atoms with Crippen LogP contribution in [0, 0.1) is 12.8 Å². The summed E-state index contributed by atoms with van der Waals surface area (Å²) in [6.07, 6.45) is 4.47. The van der Waals surface area contributed by atoms with E-state index in [-0.39, 0.29) is 0 Å². The Morgan fingerprint density at radius 3 is 2.67 bits per heavy atom. The van der Waals surface area contributed by atoms with Gasteiger partial charge in [-0.25, -0.2) is 4.98 Å². The van der Waals surface area contributed by atoms with Gasteiger partial charge in [0.25, 0.3) is 0 Å². The zero-order chi connectivity index (χ0) is 10.8. The second-order valence-electron chi connectivity index (χ2n) is 4.57. The molecule has 0 amide bonds. The van der Waals surface area contributed by atoms with Crippen LogP contribution < -0.4 is 10.6 Å². The molecule has 0 aliphatic carbocycles. The molecule has 0 saturated carbocycles. The molecule has 1 fully saturated rings. The van der Waals surface area contributed by atoms with Gasteiger partial charge in [-0.2, -0.15) is 0 Å². The Kier molecular flexibility index (Phi) is 2.80. The van der Waals surface area contributed by atoms with Gasteiger partial charge in [-0.1, -0.05) is 6.92 Å². The zero-order valence-corrected chi connectivity index (χ0v) is 9.53. The fourth-order valence-corrected chi connectivity index (χ4v) is 2.15. The summed E-state index contributed by atoms with van der Waals surface area (Å²) >= 11 is 0. The van der Waals surface area contributed by atoms with E-state index < -0.39 is 0 Å². The summed E-state index contributed by atoms with van der Waals surface area (Å²) in [7, 11) is 0. The van der Waals surface area contributed by atoms with E-state index in [2.05, 4.69) is 23.7 Å². The molecular formula is C12H19N3. The highest BCUT2D eigenvalue weighted by molar-refractivity contribution is 5.55. The number of nitrogens with zero attached hydrogens (tertiary/aromatic N) is 2. The monoisotopic (exact) mass is 205 g/mol. The molecule has 0 bridgehead atoms. The summed E-state index contributed by atoms with van der Waals surface area (Å²) in [5, 5.41) is 0. The number of nitrogen functional groups attached to an aromatic ring is 1. The number of piperidine rings is 1. The molecule has 1 aliphatic heterocycles. The van der Waals surface area contributed by atoms with Gasteiger partial charge in [-0.3, -0.25) is 0 Å². The Labute approximate surface area is 91.3 Å². The van der Waals surface area contributed by atoms with Crippen LogP contribution in [0.3, 0.4) is 0 Å². The van der Waals surface area contributed by atoms with Crippen molar-refractivity contribution in [3.8, 4) is 0 Å². The van der Waals surface area contributed by atoms with Crippen molar-refractivity contribution in [3.63, 3.8) is 0 Å². The molecule has 2 heterocycles. The van der Waals surface area contributed by atoms with Crippen LogP contribution in [0.15, 0.2) is 12.3 Å². The van der Waals surface area contributed by atoms with Gasteiger partial charge in [-0.05, 0) is 37.3 Å². The Morgan fingerprint density at radius 2 is 2.07 bits per heavy atom. The van der Waals surface area contributed by atoms with Gasteiger partial charge in [0.1, 0.15) is 5.82 Å². The first-order valence-electron chi connectivity index (χ1n) is 5.64. The molecule has 15 heavy (non-hydrogen) atoms. The summed E-state index contributed by atoms with van der Waals surface area (Å²) < 4.78 is 0. The van der Waals surface area contributed by atoms with Crippen molar-refractivity contribution in [1.29, 1.82) is 0 Å². The highest BCUT2D eigenvalue weighted by atomic mass is 15.1. The van der Waals surface area contributed by atoms with Crippen molar-refractivity contribution in [2.75, 3.05) is 23.7 Å². The Balaban J connectivity index is 2.15. The summed E-state index contributed by atoms with van der Waals surface area (Å²) in [6, 6.07) is 1.95. The number of aromatic nitrogens is 1. The fourth-order valence-electron chi connectivity index (χ4n) is 2.15. The Bertz CT molecular complexity index is 341. The van der Waals surface area contributed by atoms with Gasteiger partial charge >= 0.3 is 0 Å². The zero-order valence-electron chi connectivity index (χ0n) is 9.53. The molecule has 3 nitrogen and oxygen atoms in total. The van der Waals surface area contributed by atoms with Crippen molar-refractivity contribution in [1.82, 2.24) is 4.98 Å². The number of aryl methyl sites for hydroxylation is 1. The average Bonchev–Trinajstić information content (AvgIpc) is 2.20. The molecule has 3 heteroatoms. The highest BCUT2D eigenvalue weighted by Gasteiger charge is 2.17. The number of anilines is 2. The predicted molar refractivity (Wildman–Crippen MR) is 64.0 cm³/mol. The normalized spacial score (nSPS) is 18.1. The first-order chi connectivity index (χ1) is 7.16. The second-order valence-corrected chi connectivity index (χ2v) is 4.57. The molecular weight excluding hydrogens is 186 g/mol. The molecule has 0 spiro atoms. The van der Waals surface area contributed by atoms with E-state index in [4.69, 9.17) is 5.73 Å². The lowest BCUT2D eigenvalue weighted by Gasteiger charge is -2.32. The fraction of sp³-hybridized carbons (Fsp3) is 0.583. The van der Waals surface area contributed by atoms with E-state index >= 15 is 0 Å². The topological polar surface area (TPSA) is 42.1 Å². The number of nitrogens with two attached hydrogens (primary N) is 1. The third-order valence-corrected chi connectivity index (χ3v) is 3.23. The summed E-state index contributed by atoms with van der Waals surface area (Å²) in [5.74, 6) is 1.48. The minimum absolute atomic E-state index is 0.613. The minimum Gasteiger partial charge on any atom is -0.384 e. The van der Waals surface area contributed by atoms with Crippen LogP contribution in [0.25, 0.3) is 0 Å². The van der Waals surface area contributed by atoms with E-state index in [9.17, 15) is 0 Å². The third-order valence-electron chi connectivity index (χ3n) is 3.23. The van der Waals surface area contributed by atoms with Gasteiger partial charge in [0.2, 0.25) is 0 Å². The molecule has 2 N–H and O–H groups in total. The van der Waals surface area contributed by atoms with Crippen LogP contribution in [0.5, 0.6) is 0 Å². The molecule has 0 radical (unpaired) electrons. The predicted octanol–water partition coefficient (Wildman–Crippen LogP) is 2.21. The van der Waals surface area contributed by atoms with Gasteiger partial charge in [-0.15, -0.1) is 0 Å². The molecule has 1 aromatic rings. The lowest BCUT2D eigenvalue weighted by molar-refractivity contribution is 0.438. The number of hydrogen-bond donors (Lipinski definition) is 1. The van der Waals surface area contributed by atoms with Crippen molar-refractivity contribution in [2.24, 2.45) is 5.92 Å². The smallest absolute Gasteiger partial charge is 0.123 e. The van der Waals surface area contributed by atoms with E-state index in [1.165, 1.54) is 24.1 Å². The number of rotatable bonds is 1. The Hall–Kier alpha value is -1.25. The van der Waals surface area contributed by atoms with Crippen molar-refractivity contribution < 1.29 is 0 Å². The molecule has 1 aliphatic rings. The average molecular weight is 205 g/mol. The summed E-state index contributed by atoms with van der Waals surface area (Å²) in [4.78, 5) is 6.59. The maximum Gasteiger partial charge on any atom is 0.123 e. The third kappa shape index (κ3) is 2.22. The highest BCUT2D eigenvalue weighted by Crippen LogP contribution is 2.25. The largest absolute Gasteiger partial charge is 0.384 e. The van der Waals surface area contributed by atoms with Crippen LogP contribution in [0.1, 0.15) is 25.3 Å². The van der Waals surface area contributed by atoms with Crippen LogP contribution in [0.2, 0.25) is 0 Å². The molecule has 0 atom stereocenters. The summed E-state index contributed by atoms with van der Waals surface area (Å²) in [5.41, 5.74) is 8.13. The number of pyridine rings is 1. The molecule has 0 unspecified atom stereocenters. The van der Waals surface area contributed by atoms with Gasteiger partial charge in [0.05, 0.1) is 11.9 Å². The minimum atomic E-state index is 0.613. The molecule has 2 rings (SSSR count). The van der Waals surface area contributed by atoms with Gasteiger partial charge < -0.3 is 10.6 Å². The molecule has 1 saturated heterocycles. The number of hydrogen-bond acceptors (Lipinski definition) is 3. The van der Waals surface area contributed by atoms with Crippen molar-refractivity contribution in [2.45, 2.75) is 26.7 Å². The van der Waals surface area contributed by atoms with Gasteiger partial charge in [0.15, 0.2) is 0 Å². The van der Waals surface area contributed by atoms with Crippen molar-refractivity contribution >= 4 is 11.5 Å². The van der Waals surface area contributed by atoms with Crippen LogP contribution in [-0.2, 0) is 0 Å². The maximum absolute atomic E-state index is 5.65. The first kappa shape index (κ1) is 10.3. The molecule has 1 aromatic heterocycles. The van der Waals surface area contributed by atoms with Crippen LogP contribution in [-0.4, -0.2) is 18.1 Å². The maximum atomic E-state index is 5.65. The van der Waals surface area contributed by atoms with Crippen LogP contribution in [0.4, 0.5) is 11.5 Å². The summed E-state index contributed by atoms with van der Waals surface area (Å²) in [6.45, 7) is 6.72.